The first-order valence-electron chi connectivity index (χ1n) is 4.02. The highest BCUT2D eigenvalue weighted by Crippen LogP contribution is 2.16. The van der Waals surface area contributed by atoms with Gasteiger partial charge in [0.15, 0.2) is 0 Å². The van der Waals surface area contributed by atoms with Crippen molar-refractivity contribution in [2.45, 2.75) is 6.04 Å². The van der Waals surface area contributed by atoms with Crippen LogP contribution in [-0.4, -0.2) is 28.0 Å². The average Bonchev–Trinajstić information content (AvgIpc) is 2.15. The molecule has 0 saturated carbocycles. The summed E-state index contributed by atoms with van der Waals surface area (Å²) < 4.78 is 0. The quantitative estimate of drug-likeness (QED) is 0.574. The Morgan fingerprint density at radius 3 is 2.36 bits per heavy atom. The molecule has 0 fully saturated rings. The van der Waals surface area contributed by atoms with Crippen LogP contribution in [0.15, 0.2) is 24.3 Å². The minimum Gasteiger partial charge on any atom is -0.508 e. The lowest BCUT2D eigenvalue weighted by Crippen LogP contribution is -2.29. The van der Waals surface area contributed by atoms with Crippen molar-refractivity contribution in [3.8, 4) is 5.75 Å². The van der Waals surface area contributed by atoms with Crippen LogP contribution in [0.25, 0.3) is 0 Å². The third-order valence-electron chi connectivity index (χ3n) is 1.78. The molecule has 0 saturated heterocycles. The lowest BCUT2D eigenvalue weighted by Gasteiger charge is -2.14. The number of nitrogens with one attached hydrogen (secondary N) is 1. The summed E-state index contributed by atoms with van der Waals surface area (Å²) in [6.45, 7) is -0.322. The van der Waals surface area contributed by atoms with E-state index in [0.29, 0.717) is 5.56 Å². The van der Waals surface area contributed by atoms with Crippen LogP contribution in [0, 0.1) is 0 Å². The molecule has 0 aliphatic carbocycles. The number of aromatic hydroxyl groups is 1. The molecule has 0 bridgehead atoms. The molecule has 0 aliphatic heterocycles. The van der Waals surface area contributed by atoms with Crippen molar-refractivity contribution in [2.75, 3.05) is 6.61 Å². The van der Waals surface area contributed by atoms with Crippen molar-refractivity contribution in [1.82, 2.24) is 5.32 Å². The largest absolute Gasteiger partial charge is 0.508 e. The van der Waals surface area contributed by atoms with Gasteiger partial charge < -0.3 is 20.6 Å². The Labute approximate surface area is 80.6 Å². The fraction of sp³-hybridized carbons (Fsp3) is 0.222. The summed E-state index contributed by atoms with van der Waals surface area (Å²) in [5.41, 5.74) is 0.604. The molecule has 1 atom stereocenters. The van der Waals surface area contributed by atoms with E-state index in [4.69, 9.17) is 15.3 Å². The number of rotatable bonds is 3. The second-order valence-electron chi connectivity index (χ2n) is 2.78. The normalized spacial score (nSPS) is 12.1. The molecule has 0 aliphatic rings. The van der Waals surface area contributed by atoms with Gasteiger partial charge in [0.1, 0.15) is 5.75 Å². The molecule has 1 aromatic carbocycles. The predicted molar refractivity (Wildman–Crippen MR) is 49.1 cm³/mol. The maximum absolute atomic E-state index is 10.3. The van der Waals surface area contributed by atoms with Gasteiger partial charge in [-0.05, 0) is 17.7 Å². The number of phenols is 1. The predicted octanol–water partition coefficient (Wildman–Crippen LogP) is 0.693. The number of carbonyl (C=O) groups is 1. The van der Waals surface area contributed by atoms with Crippen LogP contribution in [-0.2, 0) is 0 Å². The first-order chi connectivity index (χ1) is 6.63. The van der Waals surface area contributed by atoms with Crippen LogP contribution in [0.2, 0.25) is 0 Å². The standard InChI is InChI=1S/C9H11NO4/c11-5-8(10-9(13)14)6-1-3-7(12)4-2-6/h1-4,8,10-12H,5H2,(H,13,14)/t8-/m1/s1. The maximum Gasteiger partial charge on any atom is 0.405 e. The number of aliphatic hydroxyl groups is 1. The van der Waals surface area contributed by atoms with E-state index in [1.807, 2.05) is 0 Å². The highest BCUT2D eigenvalue weighted by Gasteiger charge is 2.11. The molecule has 5 nitrogen and oxygen atoms in total. The average molecular weight is 197 g/mol. The molecule has 0 heterocycles. The molecule has 0 unspecified atom stereocenters. The first kappa shape index (κ1) is 10.3. The maximum atomic E-state index is 10.3. The Bertz CT molecular complexity index is 309. The van der Waals surface area contributed by atoms with Gasteiger partial charge in [-0.1, -0.05) is 12.1 Å². The topological polar surface area (TPSA) is 89.8 Å². The summed E-state index contributed by atoms with van der Waals surface area (Å²) in [6, 6.07) is 5.30. The van der Waals surface area contributed by atoms with Gasteiger partial charge in [-0.3, -0.25) is 0 Å². The number of aliphatic hydroxyl groups excluding tert-OH is 1. The summed E-state index contributed by atoms with van der Waals surface area (Å²) >= 11 is 0. The van der Waals surface area contributed by atoms with Crippen LogP contribution in [0.5, 0.6) is 5.75 Å². The molecule has 0 radical (unpaired) electrons. The highest BCUT2D eigenvalue weighted by molar-refractivity contribution is 5.65. The van der Waals surface area contributed by atoms with E-state index in [9.17, 15) is 4.79 Å². The minimum absolute atomic E-state index is 0.0979. The fourth-order valence-corrected chi connectivity index (χ4v) is 1.09. The van der Waals surface area contributed by atoms with Gasteiger partial charge in [-0.15, -0.1) is 0 Å². The molecule has 1 amide bonds. The lowest BCUT2D eigenvalue weighted by atomic mass is 10.1. The van der Waals surface area contributed by atoms with Gasteiger partial charge >= 0.3 is 6.09 Å². The molecule has 0 spiro atoms. The van der Waals surface area contributed by atoms with E-state index in [1.54, 1.807) is 12.1 Å². The van der Waals surface area contributed by atoms with E-state index < -0.39 is 12.1 Å². The zero-order chi connectivity index (χ0) is 10.6. The Hall–Kier alpha value is -1.75. The van der Waals surface area contributed by atoms with Crippen molar-refractivity contribution in [2.24, 2.45) is 0 Å². The van der Waals surface area contributed by atoms with E-state index >= 15 is 0 Å². The number of hydrogen-bond donors (Lipinski definition) is 4. The summed E-state index contributed by atoms with van der Waals surface area (Å²) in [5, 5.41) is 28.5. The highest BCUT2D eigenvalue weighted by atomic mass is 16.4. The number of carboxylic acid groups (broad SMARTS) is 1. The first-order valence-corrected chi connectivity index (χ1v) is 4.02. The summed E-state index contributed by atoms with van der Waals surface area (Å²) in [6.07, 6.45) is -1.20. The molecule has 4 N–H and O–H groups in total. The van der Waals surface area contributed by atoms with Crippen LogP contribution in [0.1, 0.15) is 11.6 Å². The lowest BCUT2D eigenvalue weighted by molar-refractivity contribution is 0.177. The molecule has 5 heteroatoms. The van der Waals surface area contributed by atoms with E-state index in [0.717, 1.165) is 0 Å². The van der Waals surface area contributed by atoms with E-state index in [-0.39, 0.29) is 12.4 Å². The van der Waals surface area contributed by atoms with E-state index in [1.165, 1.54) is 12.1 Å². The summed E-state index contributed by atoms with van der Waals surface area (Å²) in [5.74, 6) is 0.0979. The monoisotopic (exact) mass is 197 g/mol. The van der Waals surface area contributed by atoms with Gasteiger partial charge in [-0.25, -0.2) is 4.79 Å². The second kappa shape index (κ2) is 4.48. The number of benzene rings is 1. The second-order valence-corrected chi connectivity index (χ2v) is 2.78. The van der Waals surface area contributed by atoms with Crippen LogP contribution in [0.4, 0.5) is 4.79 Å². The van der Waals surface area contributed by atoms with Gasteiger partial charge in [-0.2, -0.15) is 0 Å². The molecular formula is C9H11NO4. The summed E-state index contributed by atoms with van der Waals surface area (Å²) in [7, 11) is 0. The molecule has 1 aromatic rings. The third-order valence-corrected chi connectivity index (χ3v) is 1.78. The molecule has 14 heavy (non-hydrogen) atoms. The third kappa shape index (κ3) is 2.63. The van der Waals surface area contributed by atoms with Crippen LogP contribution in [0.3, 0.4) is 0 Å². The van der Waals surface area contributed by atoms with Crippen molar-refractivity contribution in [1.29, 1.82) is 0 Å². The van der Waals surface area contributed by atoms with Crippen molar-refractivity contribution < 1.29 is 20.1 Å². The van der Waals surface area contributed by atoms with E-state index in [2.05, 4.69) is 5.32 Å². The minimum atomic E-state index is -1.20. The van der Waals surface area contributed by atoms with Crippen molar-refractivity contribution >= 4 is 6.09 Å². The van der Waals surface area contributed by atoms with Crippen molar-refractivity contribution in [3.63, 3.8) is 0 Å². The fourth-order valence-electron chi connectivity index (χ4n) is 1.09. The van der Waals surface area contributed by atoms with Crippen molar-refractivity contribution in [3.05, 3.63) is 29.8 Å². The molecule has 1 rings (SSSR count). The van der Waals surface area contributed by atoms with Crippen LogP contribution >= 0.6 is 0 Å². The van der Waals surface area contributed by atoms with Gasteiger partial charge in [0.2, 0.25) is 0 Å². The Morgan fingerprint density at radius 2 is 1.93 bits per heavy atom. The van der Waals surface area contributed by atoms with Gasteiger partial charge in [0, 0.05) is 0 Å². The molecule has 76 valence electrons. The van der Waals surface area contributed by atoms with Gasteiger partial charge in [0.25, 0.3) is 0 Å². The number of amides is 1. The molecular weight excluding hydrogens is 186 g/mol. The Kier molecular flexibility index (Phi) is 3.30. The zero-order valence-electron chi connectivity index (χ0n) is 7.34. The SMILES string of the molecule is O=C(O)N[C@H](CO)c1ccc(O)cc1. The number of hydrogen-bond acceptors (Lipinski definition) is 3. The smallest absolute Gasteiger partial charge is 0.405 e. The summed E-state index contributed by atoms with van der Waals surface area (Å²) in [4.78, 5) is 10.3. The number of phenolic OH excluding ortho intramolecular Hbond substituents is 1. The Morgan fingerprint density at radius 1 is 1.36 bits per heavy atom. The zero-order valence-corrected chi connectivity index (χ0v) is 7.34. The van der Waals surface area contributed by atoms with Crippen LogP contribution < -0.4 is 5.32 Å². The molecule has 0 aromatic heterocycles. The van der Waals surface area contributed by atoms with Gasteiger partial charge in [0.05, 0.1) is 12.6 Å². The Balaban J connectivity index is 2.78.